The summed E-state index contributed by atoms with van der Waals surface area (Å²) in [5.41, 5.74) is 3.97. The molecule has 1 saturated heterocycles. The number of aliphatic imine (C=N–C) groups is 1. The summed E-state index contributed by atoms with van der Waals surface area (Å²) in [6, 6.07) is 18.7. The van der Waals surface area contributed by atoms with Crippen molar-refractivity contribution in [2.45, 2.75) is 20.5 Å². The molecule has 3 aromatic carbocycles. The maximum atomic E-state index is 13.0. The van der Waals surface area contributed by atoms with Gasteiger partial charge in [0.15, 0.2) is 16.7 Å². The number of amidine groups is 1. The van der Waals surface area contributed by atoms with Gasteiger partial charge in [-0.25, -0.2) is 9.79 Å². The number of likely N-dealkylation sites (N-methyl/N-ethyl adjacent to an activating group) is 1. The monoisotopic (exact) mass is 594 g/mol. The minimum absolute atomic E-state index is 0.176. The molecular weight excluding hydrogens is 568 g/mol. The lowest BCUT2D eigenvalue weighted by atomic mass is 10.1. The van der Waals surface area contributed by atoms with E-state index in [4.69, 9.17) is 14.2 Å². The molecule has 1 fully saturated rings. The maximum Gasteiger partial charge on any atom is 0.338 e. The van der Waals surface area contributed by atoms with Crippen molar-refractivity contribution in [3.8, 4) is 11.5 Å². The number of ether oxygens (including phenoxy) is 3. The zero-order valence-corrected chi connectivity index (χ0v) is 23.9. The topological polar surface area (TPSA) is 77.4 Å². The highest BCUT2D eigenvalue weighted by Gasteiger charge is 2.30. The predicted octanol–water partition coefficient (Wildman–Crippen LogP) is 6.76. The van der Waals surface area contributed by atoms with Gasteiger partial charge in [0.2, 0.25) is 0 Å². The van der Waals surface area contributed by atoms with E-state index in [1.165, 1.54) is 22.2 Å². The Morgan fingerprint density at radius 3 is 2.61 bits per heavy atom. The SMILES string of the molecule is CCOC(=O)c1cccc(N=C2SC(=Cc3cc(Br)c(OCc4ccc(C)cc4)c(OC)c3)C(=O)N2C)c1. The number of methoxy groups -OCH3 is 1. The molecule has 38 heavy (non-hydrogen) atoms. The van der Waals surface area contributed by atoms with Gasteiger partial charge in [-0.3, -0.25) is 9.69 Å². The van der Waals surface area contributed by atoms with Crippen LogP contribution in [0.2, 0.25) is 0 Å². The van der Waals surface area contributed by atoms with Crippen molar-refractivity contribution in [1.82, 2.24) is 4.90 Å². The van der Waals surface area contributed by atoms with E-state index < -0.39 is 5.97 Å². The largest absolute Gasteiger partial charge is 0.493 e. The van der Waals surface area contributed by atoms with Crippen LogP contribution in [0.15, 0.2) is 75.0 Å². The minimum Gasteiger partial charge on any atom is -0.493 e. The molecule has 4 rings (SSSR count). The molecule has 7 nitrogen and oxygen atoms in total. The molecule has 1 amide bonds. The number of halogens is 1. The second-order valence-electron chi connectivity index (χ2n) is 8.45. The van der Waals surface area contributed by atoms with E-state index in [1.54, 1.807) is 51.4 Å². The van der Waals surface area contributed by atoms with E-state index in [1.807, 2.05) is 43.3 Å². The number of aryl methyl sites for hydroxylation is 1. The Kier molecular flexibility index (Phi) is 8.91. The fourth-order valence-corrected chi connectivity index (χ4v) is 5.19. The van der Waals surface area contributed by atoms with Crippen LogP contribution in [0.1, 0.15) is 34.0 Å². The molecule has 0 spiro atoms. The first kappa shape index (κ1) is 27.5. The van der Waals surface area contributed by atoms with E-state index in [9.17, 15) is 9.59 Å². The Labute approximate surface area is 234 Å². The smallest absolute Gasteiger partial charge is 0.338 e. The van der Waals surface area contributed by atoms with Gasteiger partial charge >= 0.3 is 5.97 Å². The van der Waals surface area contributed by atoms with E-state index in [-0.39, 0.29) is 5.91 Å². The van der Waals surface area contributed by atoms with Crippen LogP contribution in [-0.4, -0.2) is 42.7 Å². The van der Waals surface area contributed by atoms with Gasteiger partial charge in [0, 0.05) is 7.05 Å². The van der Waals surface area contributed by atoms with Crippen LogP contribution in [-0.2, 0) is 16.1 Å². The van der Waals surface area contributed by atoms with Gasteiger partial charge in [0.25, 0.3) is 5.91 Å². The lowest BCUT2D eigenvalue weighted by Gasteiger charge is -2.14. The second-order valence-corrected chi connectivity index (χ2v) is 10.3. The number of carbonyl (C=O) groups excluding carboxylic acids is 2. The number of hydrogen-bond acceptors (Lipinski definition) is 7. The number of thioether (sulfide) groups is 1. The molecule has 0 atom stereocenters. The van der Waals surface area contributed by atoms with Crippen molar-refractivity contribution in [2.24, 2.45) is 4.99 Å². The Hall–Kier alpha value is -3.56. The van der Waals surface area contributed by atoms with Crippen molar-refractivity contribution in [2.75, 3.05) is 20.8 Å². The fraction of sp³-hybridized carbons (Fsp3) is 0.207. The highest BCUT2D eigenvalue weighted by Crippen LogP contribution is 2.39. The van der Waals surface area contributed by atoms with Crippen LogP contribution in [0.5, 0.6) is 11.5 Å². The zero-order chi connectivity index (χ0) is 27.2. The summed E-state index contributed by atoms with van der Waals surface area (Å²) in [4.78, 5) is 31.6. The first-order valence-corrected chi connectivity index (χ1v) is 13.5. The molecule has 0 saturated carbocycles. The quantitative estimate of drug-likeness (QED) is 0.212. The van der Waals surface area contributed by atoms with Crippen molar-refractivity contribution < 1.29 is 23.8 Å². The average Bonchev–Trinajstić information content (AvgIpc) is 3.16. The molecule has 0 aromatic heterocycles. The molecule has 1 aliphatic rings. The van der Waals surface area contributed by atoms with E-state index in [0.717, 1.165) is 11.1 Å². The summed E-state index contributed by atoms with van der Waals surface area (Å²) in [6.07, 6.45) is 1.79. The van der Waals surface area contributed by atoms with E-state index in [2.05, 4.69) is 20.9 Å². The molecule has 0 N–H and O–H groups in total. The Morgan fingerprint density at radius 2 is 1.89 bits per heavy atom. The highest BCUT2D eigenvalue weighted by molar-refractivity contribution is 9.10. The predicted molar refractivity (Wildman–Crippen MR) is 154 cm³/mol. The molecule has 3 aromatic rings. The lowest BCUT2D eigenvalue weighted by molar-refractivity contribution is -0.121. The standard InChI is InChI=1S/C29H27BrN2O5S/c1-5-36-28(34)21-7-6-8-22(16-21)31-29-32(3)27(33)25(38-29)15-20-13-23(30)26(24(14-20)35-4)37-17-19-11-9-18(2)10-12-19/h6-16H,5,17H2,1-4H3. The van der Waals surface area contributed by atoms with Gasteiger partial charge in [-0.2, -0.15) is 0 Å². The average molecular weight is 596 g/mol. The van der Waals surface area contributed by atoms with Gasteiger partial charge in [-0.1, -0.05) is 35.9 Å². The van der Waals surface area contributed by atoms with Crippen LogP contribution in [0.3, 0.4) is 0 Å². The number of esters is 1. The molecule has 9 heteroatoms. The summed E-state index contributed by atoms with van der Waals surface area (Å²) >= 11 is 4.85. The van der Waals surface area contributed by atoms with Gasteiger partial charge in [-0.05, 0) is 89.1 Å². The van der Waals surface area contributed by atoms with Crippen molar-refractivity contribution in [1.29, 1.82) is 0 Å². The van der Waals surface area contributed by atoms with Gasteiger partial charge in [0.05, 0.1) is 34.3 Å². The van der Waals surface area contributed by atoms with E-state index >= 15 is 0 Å². The number of carbonyl (C=O) groups is 2. The summed E-state index contributed by atoms with van der Waals surface area (Å²) in [6.45, 7) is 4.48. The third-order valence-electron chi connectivity index (χ3n) is 5.64. The van der Waals surface area contributed by atoms with E-state index in [0.29, 0.717) is 50.5 Å². The zero-order valence-electron chi connectivity index (χ0n) is 21.5. The first-order valence-electron chi connectivity index (χ1n) is 11.9. The van der Waals surface area contributed by atoms with Crippen molar-refractivity contribution in [3.05, 3.63) is 92.3 Å². The molecule has 0 bridgehead atoms. The summed E-state index contributed by atoms with van der Waals surface area (Å²) in [7, 11) is 3.25. The van der Waals surface area contributed by atoms with Crippen LogP contribution in [0.4, 0.5) is 5.69 Å². The molecule has 1 aliphatic heterocycles. The van der Waals surface area contributed by atoms with Gasteiger partial charge in [0.1, 0.15) is 6.61 Å². The molecule has 0 aliphatic carbocycles. The maximum absolute atomic E-state index is 13.0. The highest BCUT2D eigenvalue weighted by atomic mass is 79.9. The van der Waals surface area contributed by atoms with Crippen LogP contribution < -0.4 is 9.47 Å². The number of rotatable bonds is 8. The molecule has 0 unspecified atom stereocenters. The Bertz CT molecular complexity index is 1420. The third kappa shape index (κ3) is 6.46. The lowest BCUT2D eigenvalue weighted by Crippen LogP contribution is -2.23. The fourth-order valence-electron chi connectivity index (χ4n) is 3.63. The molecule has 0 radical (unpaired) electrons. The van der Waals surface area contributed by atoms with Crippen LogP contribution in [0, 0.1) is 6.92 Å². The Balaban J connectivity index is 1.55. The summed E-state index contributed by atoms with van der Waals surface area (Å²) in [5, 5.41) is 0.506. The van der Waals surface area contributed by atoms with Gasteiger partial charge < -0.3 is 14.2 Å². The minimum atomic E-state index is -0.413. The van der Waals surface area contributed by atoms with Crippen molar-refractivity contribution >= 4 is 56.5 Å². The number of amides is 1. The normalized spacial score (nSPS) is 15.3. The van der Waals surface area contributed by atoms with Gasteiger partial charge in [-0.15, -0.1) is 0 Å². The second kappa shape index (κ2) is 12.3. The number of benzene rings is 3. The molecule has 1 heterocycles. The van der Waals surface area contributed by atoms with Crippen LogP contribution >= 0.6 is 27.7 Å². The third-order valence-corrected chi connectivity index (χ3v) is 7.29. The summed E-state index contributed by atoms with van der Waals surface area (Å²) < 4.78 is 17.4. The van der Waals surface area contributed by atoms with Crippen molar-refractivity contribution in [3.63, 3.8) is 0 Å². The molecular formula is C29H27BrN2O5S. The number of nitrogens with zero attached hydrogens (tertiary/aromatic N) is 2. The van der Waals surface area contributed by atoms with Crippen LogP contribution in [0.25, 0.3) is 6.08 Å². The Morgan fingerprint density at radius 1 is 1.13 bits per heavy atom. The first-order chi connectivity index (χ1) is 18.3. The summed E-state index contributed by atoms with van der Waals surface area (Å²) in [5.74, 6) is 0.544. The number of hydrogen-bond donors (Lipinski definition) is 0. The molecule has 196 valence electrons.